The van der Waals surface area contributed by atoms with E-state index in [2.05, 4.69) is 9.97 Å². The van der Waals surface area contributed by atoms with Crippen LogP contribution in [0.2, 0.25) is 0 Å². The van der Waals surface area contributed by atoms with Gasteiger partial charge in [-0.3, -0.25) is 4.79 Å². The van der Waals surface area contributed by atoms with Crippen LogP contribution in [-0.2, 0) is 4.79 Å². The molecule has 0 unspecified atom stereocenters. The normalized spacial score (nSPS) is 12.4. The first-order chi connectivity index (χ1) is 8.50. The summed E-state index contributed by atoms with van der Waals surface area (Å²) in [5.74, 6) is 0.761. The predicted molar refractivity (Wildman–Crippen MR) is 73.1 cm³/mol. The van der Waals surface area contributed by atoms with E-state index in [1.54, 1.807) is 19.0 Å². The number of allylic oxidation sites excluding steroid dienone is 1. The van der Waals surface area contributed by atoms with Crippen molar-refractivity contribution in [3.8, 4) is 0 Å². The van der Waals surface area contributed by atoms with Crippen LogP contribution in [-0.4, -0.2) is 34.9 Å². The summed E-state index contributed by atoms with van der Waals surface area (Å²) in [6.07, 6.45) is 0. The second-order valence-electron chi connectivity index (χ2n) is 4.55. The molecule has 1 N–H and O–H groups in total. The summed E-state index contributed by atoms with van der Waals surface area (Å²) in [7, 11) is 3.50. The molecule has 0 aliphatic heterocycles. The number of carbonyl (C=O) groups is 1. The molecule has 4 nitrogen and oxygen atoms in total. The highest BCUT2D eigenvalue weighted by atomic mass is 16.2. The second-order valence-corrected chi connectivity index (χ2v) is 4.55. The molecule has 0 saturated carbocycles. The van der Waals surface area contributed by atoms with E-state index in [0.29, 0.717) is 5.57 Å². The van der Waals surface area contributed by atoms with Crippen LogP contribution in [0.3, 0.4) is 0 Å². The highest BCUT2D eigenvalue weighted by Gasteiger charge is 2.13. The molecular weight excluding hydrogens is 226 g/mol. The fraction of sp³-hybridized carbons (Fsp3) is 0.286. The van der Waals surface area contributed by atoms with Gasteiger partial charge in [-0.1, -0.05) is 12.1 Å². The maximum Gasteiger partial charge on any atom is 0.249 e. The summed E-state index contributed by atoms with van der Waals surface area (Å²) in [6.45, 7) is 3.74. The third-order valence-electron chi connectivity index (χ3n) is 3.03. The van der Waals surface area contributed by atoms with Gasteiger partial charge in [0.05, 0.1) is 11.0 Å². The number of rotatable bonds is 2. The highest BCUT2D eigenvalue weighted by molar-refractivity contribution is 5.99. The maximum atomic E-state index is 11.9. The lowest BCUT2D eigenvalue weighted by atomic mass is 10.1. The minimum atomic E-state index is 0.00737. The van der Waals surface area contributed by atoms with Gasteiger partial charge in [-0.2, -0.15) is 0 Å². The predicted octanol–water partition coefficient (Wildman–Crippen LogP) is 2.44. The SMILES string of the molecule is C/C(C(=O)N(C)C)=C(\C)c1nc2ccccc2[nH]1. The third kappa shape index (κ3) is 2.14. The smallest absolute Gasteiger partial charge is 0.249 e. The quantitative estimate of drug-likeness (QED) is 0.824. The van der Waals surface area contributed by atoms with Gasteiger partial charge in [0.25, 0.3) is 0 Å². The fourth-order valence-corrected chi connectivity index (χ4v) is 1.80. The van der Waals surface area contributed by atoms with Gasteiger partial charge in [0, 0.05) is 25.2 Å². The molecule has 0 spiro atoms. The van der Waals surface area contributed by atoms with Gasteiger partial charge in [-0.15, -0.1) is 0 Å². The van der Waals surface area contributed by atoms with Gasteiger partial charge in [-0.05, 0) is 26.0 Å². The Morgan fingerprint density at radius 1 is 1.22 bits per heavy atom. The Kier molecular flexibility index (Phi) is 3.19. The molecule has 1 amide bonds. The molecule has 4 heteroatoms. The van der Waals surface area contributed by atoms with Crippen LogP contribution in [0.5, 0.6) is 0 Å². The van der Waals surface area contributed by atoms with Gasteiger partial charge in [-0.25, -0.2) is 4.98 Å². The average Bonchev–Trinajstić information content (AvgIpc) is 2.79. The van der Waals surface area contributed by atoms with E-state index < -0.39 is 0 Å². The van der Waals surface area contributed by atoms with Crippen LogP contribution in [0.15, 0.2) is 29.8 Å². The van der Waals surface area contributed by atoms with E-state index in [1.807, 2.05) is 38.1 Å². The Bertz CT molecular complexity index is 590. The van der Waals surface area contributed by atoms with Crippen molar-refractivity contribution in [2.75, 3.05) is 14.1 Å². The average molecular weight is 243 g/mol. The third-order valence-corrected chi connectivity index (χ3v) is 3.03. The number of carbonyl (C=O) groups excluding carboxylic acids is 1. The number of likely N-dealkylation sites (N-methyl/N-ethyl adjacent to an activating group) is 1. The van der Waals surface area contributed by atoms with Crippen LogP contribution in [0, 0.1) is 0 Å². The Morgan fingerprint density at radius 2 is 1.89 bits per heavy atom. The Hall–Kier alpha value is -2.10. The van der Waals surface area contributed by atoms with Crippen LogP contribution >= 0.6 is 0 Å². The molecule has 1 aromatic carbocycles. The number of hydrogen-bond acceptors (Lipinski definition) is 2. The number of H-pyrrole nitrogens is 1. The minimum Gasteiger partial charge on any atom is -0.345 e. The molecule has 0 fully saturated rings. The minimum absolute atomic E-state index is 0.00737. The lowest BCUT2D eigenvalue weighted by molar-refractivity contribution is -0.124. The zero-order valence-electron chi connectivity index (χ0n) is 11.1. The number of nitrogens with zero attached hydrogens (tertiary/aromatic N) is 2. The van der Waals surface area contributed by atoms with Gasteiger partial charge < -0.3 is 9.88 Å². The van der Waals surface area contributed by atoms with Gasteiger partial charge in [0.2, 0.25) is 5.91 Å². The van der Waals surface area contributed by atoms with Crippen LogP contribution in [0.4, 0.5) is 0 Å². The van der Waals surface area contributed by atoms with Crippen LogP contribution < -0.4 is 0 Å². The number of fused-ring (bicyclic) bond motifs is 1. The molecular formula is C14H17N3O. The zero-order valence-corrected chi connectivity index (χ0v) is 11.1. The van der Waals surface area contributed by atoms with E-state index in [0.717, 1.165) is 22.4 Å². The topological polar surface area (TPSA) is 49.0 Å². The number of nitrogens with one attached hydrogen (secondary N) is 1. The van der Waals surface area contributed by atoms with Crippen molar-refractivity contribution in [2.24, 2.45) is 0 Å². The number of amides is 1. The first-order valence-corrected chi connectivity index (χ1v) is 5.85. The standard InChI is InChI=1S/C14H17N3O/c1-9(10(2)14(18)17(3)4)13-15-11-7-5-6-8-12(11)16-13/h5-8H,1-4H3,(H,15,16)/b10-9-. The molecule has 0 saturated heterocycles. The maximum absolute atomic E-state index is 11.9. The van der Waals surface area contributed by atoms with Crippen molar-refractivity contribution in [2.45, 2.75) is 13.8 Å². The van der Waals surface area contributed by atoms with Crippen molar-refractivity contribution >= 4 is 22.5 Å². The lowest BCUT2D eigenvalue weighted by Gasteiger charge is -2.12. The van der Waals surface area contributed by atoms with Crippen LogP contribution in [0.25, 0.3) is 16.6 Å². The summed E-state index contributed by atoms with van der Waals surface area (Å²) < 4.78 is 0. The fourth-order valence-electron chi connectivity index (χ4n) is 1.80. The molecule has 1 aromatic heterocycles. The Morgan fingerprint density at radius 3 is 2.50 bits per heavy atom. The Labute approximate surface area is 106 Å². The van der Waals surface area contributed by atoms with Crippen molar-refractivity contribution < 1.29 is 4.79 Å². The van der Waals surface area contributed by atoms with E-state index >= 15 is 0 Å². The zero-order chi connectivity index (χ0) is 13.3. The largest absolute Gasteiger partial charge is 0.345 e. The summed E-state index contributed by atoms with van der Waals surface area (Å²) in [5, 5.41) is 0. The molecule has 1 heterocycles. The number of aromatic nitrogens is 2. The second kappa shape index (κ2) is 4.64. The number of hydrogen-bond donors (Lipinski definition) is 1. The molecule has 0 bridgehead atoms. The molecule has 94 valence electrons. The number of para-hydroxylation sites is 2. The molecule has 2 rings (SSSR count). The summed E-state index contributed by atoms with van der Waals surface area (Å²) in [4.78, 5) is 21.2. The first-order valence-electron chi connectivity index (χ1n) is 5.85. The monoisotopic (exact) mass is 243 g/mol. The Balaban J connectivity index is 2.47. The van der Waals surface area contributed by atoms with Crippen molar-refractivity contribution in [1.29, 1.82) is 0 Å². The molecule has 2 aromatic rings. The molecule has 0 radical (unpaired) electrons. The number of imidazole rings is 1. The van der Waals surface area contributed by atoms with E-state index in [-0.39, 0.29) is 5.91 Å². The van der Waals surface area contributed by atoms with Gasteiger partial charge in [0.1, 0.15) is 5.82 Å². The van der Waals surface area contributed by atoms with Crippen molar-refractivity contribution in [3.63, 3.8) is 0 Å². The lowest BCUT2D eigenvalue weighted by Crippen LogP contribution is -2.23. The van der Waals surface area contributed by atoms with Crippen molar-refractivity contribution in [3.05, 3.63) is 35.7 Å². The molecule has 0 aliphatic rings. The first kappa shape index (κ1) is 12.4. The molecule has 0 atom stereocenters. The molecule has 0 aliphatic carbocycles. The van der Waals surface area contributed by atoms with Gasteiger partial charge in [0.15, 0.2) is 0 Å². The summed E-state index contributed by atoms with van der Waals surface area (Å²) >= 11 is 0. The number of benzene rings is 1. The van der Waals surface area contributed by atoms with E-state index in [9.17, 15) is 4.79 Å². The van der Waals surface area contributed by atoms with Gasteiger partial charge >= 0.3 is 0 Å². The number of aromatic amines is 1. The molecule has 18 heavy (non-hydrogen) atoms. The summed E-state index contributed by atoms with van der Waals surface area (Å²) in [5.41, 5.74) is 3.48. The van der Waals surface area contributed by atoms with E-state index in [1.165, 1.54) is 0 Å². The van der Waals surface area contributed by atoms with E-state index in [4.69, 9.17) is 0 Å². The summed E-state index contributed by atoms with van der Waals surface area (Å²) in [6, 6.07) is 7.83. The van der Waals surface area contributed by atoms with Crippen molar-refractivity contribution in [1.82, 2.24) is 14.9 Å². The highest BCUT2D eigenvalue weighted by Crippen LogP contribution is 2.19. The van der Waals surface area contributed by atoms with Crippen LogP contribution in [0.1, 0.15) is 19.7 Å².